The van der Waals surface area contributed by atoms with Gasteiger partial charge in [0.1, 0.15) is 23.6 Å². The lowest BCUT2D eigenvalue weighted by Gasteiger charge is -2.37. The van der Waals surface area contributed by atoms with Gasteiger partial charge in [-0.15, -0.1) is 0 Å². The summed E-state index contributed by atoms with van der Waals surface area (Å²) in [6.45, 7) is 12.2. The lowest BCUT2D eigenvalue weighted by atomic mass is 9.71. The second kappa shape index (κ2) is 15.1. The summed E-state index contributed by atoms with van der Waals surface area (Å²) in [6.07, 6.45) is 3.84. The van der Waals surface area contributed by atoms with Crippen LogP contribution in [0.3, 0.4) is 0 Å². The normalized spacial score (nSPS) is 19.2. The maximum atomic E-state index is 15.6. The number of benzene rings is 1. The van der Waals surface area contributed by atoms with E-state index in [-0.39, 0.29) is 40.9 Å². The van der Waals surface area contributed by atoms with Gasteiger partial charge in [-0.05, 0) is 73.3 Å². The maximum Gasteiger partial charge on any atom is 0.276 e. The molecule has 3 N–H and O–H groups in total. The van der Waals surface area contributed by atoms with E-state index < -0.39 is 35.6 Å². The molecule has 0 spiro atoms. The van der Waals surface area contributed by atoms with Gasteiger partial charge >= 0.3 is 0 Å². The van der Waals surface area contributed by atoms with E-state index >= 15 is 4.39 Å². The fourth-order valence-corrected chi connectivity index (χ4v) is 6.19. The minimum Gasteiger partial charge on any atom is -0.344 e. The van der Waals surface area contributed by atoms with E-state index in [2.05, 4.69) is 45.0 Å². The highest BCUT2D eigenvalue weighted by molar-refractivity contribution is 6.01. The number of halogens is 1. The smallest absolute Gasteiger partial charge is 0.276 e. The minimum atomic E-state index is -0.933. The van der Waals surface area contributed by atoms with Gasteiger partial charge in [0.25, 0.3) is 5.91 Å². The molecule has 13 heteroatoms. The number of carbonyl (C=O) groups is 4. The molecular formula is C33H48FN7O5. The summed E-state index contributed by atoms with van der Waals surface area (Å²) in [5.41, 5.74) is 0.998. The summed E-state index contributed by atoms with van der Waals surface area (Å²) < 4.78 is 20.4. The Bertz CT molecular complexity index is 1390. The number of aryl methyl sites for hydroxylation is 1. The molecule has 4 rings (SSSR count). The summed E-state index contributed by atoms with van der Waals surface area (Å²) in [5.74, 6) is -2.97. The van der Waals surface area contributed by atoms with Gasteiger partial charge < -0.3 is 25.8 Å². The van der Waals surface area contributed by atoms with Crippen LogP contribution in [0.4, 0.5) is 10.1 Å². The van der Waals surface area contributed by atoms with Crippen LogP contribution in [0.25, 0.3) is 0 Å². The molecular weight excluding hydrogens is 593 g/mol. The Labute approximate surface area is 270 Å². The summed E-state index contributed by atoms with van der Waals surface area (Å²) >= 11 is 0. The molecule has 1 aliphatic heterocycles. The Hall–Kier alpha value is -3.87. The van der Waals surface area contributed by atoms with Crippen molar-refractivity contribution in [3.8, 4) is 0 Å². The number of anilines is 1. The average molecular weight is 642 g/mol. The van der Waals surface area contributed by atoms with Crippen LogP contribution >= 0.6 is 0 Å². The largest absolute Gasteiger partial charge is 0.344 e. The van der Waals surface area contributed by atoms with Crippen molar-refractivity contribution in [2.24, 2.45) is 11.3 Å². The zero-order valence-corrected chi connectivity index (χ0v) is 27.8. The summed E-state index contributed by atoms with van der Waals surface area (Å²) in [6, 6.07) is 2.59. The first-order chi connectivity index (χ1) is 21.8. The molecule has 4 amide bonds. The average Bonchev–Trinajstić information content (AvgIpc) is 3.52. The Morgan fingerprint density at radius 1 is 1.04 bits per heavy atom. The summed E-state index contributed by atoms with van der Waals surface area (Å²) in [4.78, 5) is 56.7. The number of nitrogens with one attached hydrogen (secondary N) is 3. The molecule has 1 aromatic heterocycles. The molecule has 2 heterocycles. The molecule has 12 nitrogen and oxygen atoms in total. The molecule has 0 unspecified atom stereocenters. The molecule has 46 heavy (non-hydrogen) atoms. The van der Waals surface area contributed by atoms with Gasteiger partial charge in [0.2, 0.25) is 17.7 Å². The zero-order valence-electron chi connectivity index (χ0n) is 27.8. The van der Waals surface area contributed by atoms with Crippen LogP contribution in [0.2, 0.25) is 0 Å². The number of rotatable bonds is 11. The first-order valence-corrected chi connectivity index (χ1v) is 16.3. The molecule has 1 aliphatic carbocycles. The van der Waals surface area contributed by atoms with E-state index in [9.17, 15) is 19.2 Å². The van der Waals surface area contributed by atoms with E-state index in [1.807, 2.05) is 14.0 Å². The Balaban J connectivity index is 1.52. The number of amides is 4. The lowest BCUT2D eigenvalue weighted by molar-refractivity contribution is -0.138. The molecule has 1 saturated heterocycles. The number of piperazine rings is 1. The van der Waals surface area contributed by atoms with Crippen molar-refractivity contribution in [3.63, 3.8) is 0 Å². The molecule has 2 fully saturated rings. The summed E-state index contributed by atoms with van der Waals surface area (Å²) in [7, 11) is 1.99. The van der Waals surface area contributed by atoms with E-state index in [1.54, 1.807) is 24.8 Å². The van der Waals surface area contributed by atoms with Crippen molar-refractivity contribution in [2.45, 2.75) is 91.1 Å². The number of aromatic nitrogens is 2. The minimum absolute atomic E-state index is 0.0248. The SMILES string of the molecule is CCC(=O)N[C@@H](C(=O)N1CCN(C)CC1)[C@@H](C)c1ccc(NC(=O)[C@@H](NC(=O)c2nonc2CC)C2CCC(C)(C)CC2)c(F)c1. The van der Waals surface area contributed by atoms with Crippen molar-refractivity contribution in [1.29, 1.82) is 0 Å². The predicted octanol–water partition coefficient (Wildman–Crippen LogP) is 3.50. The topological polar surface area (TPSA) is 150 Å². The number of carbonyl (C=O) groups excluding carboxylic acids is 4. The van der Waals surface area contributed by atoms with Gasteiger partial charge in [0.15, 0.2) is 5.69 Å². The molecule has 1 saturated carbocycles. The van der Waals surface area contributed by atoms with Crippen LogP contribution in [0.1, 0.15) is 94.4 Å². The number of likely N-dealkylation sites (N-methyl/N-ethyl adjacent to an activating group) is 1. The third-order valence-electron chi connectivity index (χ3n) is 9.53. The number of hydrogen-bond donors (Lipinski definition) is 3. The van der Waals surface area contributed by atoms with Gasteiger partial charge in [-0.1, -0.05) is 45.8 Å². The summed E-state index contributed by atoms with van der Waals surface area (Å²) in [5, 5.41) is 15.8. The van der Waals surface area contributed by atoms with Crippen molar-refractivity contribution < 1.29 is 28.2 Å². The highest BCUT2D eigenvalue weighted by Crippen LogP contribution is 2.39. The quantitative estimate of drug-likeness (QED) is 0.338. The number of nitrogens with zero attached hydrogens (tertiary/aromatic N) is 4. The van der Waals surface area contributed by atoms with Gasteiger partial charge in [0, 0.05) is 38.5 Å². The fourth-order valence-electron chi connectivity index (χ4n) is 6.19. The van der Waals surface area contributed by atoms with Crippen LogP contribution < -0.4 is 16.0 Å². The van der Waals surface area contributed by atoms with E-state index in [1.165, 1.54) is 12.1 Å². The molecule has 0 bridgehead atoms. The predicted molar refractivity (Wildman–Crippen MR) is 170 cm³/mol. The molecule has 1 aromatic carbocycles. The van der Waals surface area contributed by atoms with Gasteiger partial charge in [-0.25, -0.2) is 9.02 Å². The van der Waals surface area contributed by atoms with Crippen LogP contribution in [-0.4, -0.2) is 89.1 Å². The maximum absolute atomic E-state index is 15.6. The standard InChI is InChI=1S/C33H48FN7O5/c1-7-24-29(39-46-38-24)31(44)37-28(21-11-13-33(4,5)14-12-21)30(43)35-25-10-9-22(19-23(25)34)20(3)27(36-26(42)8-2)32(45)41-17-15-40(6)16-18-41/h9-10,19-21,27-28H,7-8,11-18H2,1-6H3,(H,35,43)(H,36,42)(H,37,44)/t20-,27+,28-/m0/s1. The highest BCUT2D eigenvalue weighted by atomic mass is 19.1. The third-order valence-corrected chi connectivity index (χ3v) is 9.53. The van der Waals surface area contributed by atoms with Crippen molar-refractivity contribution in [1.82, 2.24) is 30.7 Å². The van der Waals surface area contributed by atoms with E-state index in [0.29, 0.717) is 43.6 Å². The van der Waals surface area contributed by atoms with Crippen LogP contribution in [0.5, 0.6) is 0 Å². The van der Waals surface area contributed by atoms with Gasteiger partial charge in [0.05, 0.1) is 5.69 Å². The fraction of sp³-hybridized carbons (Fsp3) is 0.636. The molecule has 252 valence electrons. The van der Waals surface area contributed by atoms with Gasteiger partial charge in [-0.2, -0.15) is 0 Å². The van der Waals surface area contributed by atoms with Crippen molar-refractivity contribution >= 4 is 29.3 Å². The van der Waals surface area contributed by atoms with E-state index in [0.717, 1.165) is 25.9 Å². The second-order valence-electron chi connectivity index (χ2n) is 13.4. The molecule has 0 radical (unpaired) electrons. The first kappa shape index (κ1) is 35.0. The Kier molecular flexibility index (Phi) is 11.5. The third kappa shape index (κ3) is 8.48. The monoisotopic (exact) mass is 641 g/mol. The zero-order chi connectivity index (χ0) is 33.6. The Morgan fingerprint density at radius 2 is 1.72 bits per heavy atom. The molecule has 2 aliphatic rings. The van der Waals surface area contributed by atoms with Crippen molar-refractivity contribution in [2.75, 3.05) is 38.5 Å². The first-order valence-electron chi connectivity index (χ1n) is 16.3. The van der Waals surface area contributed by atoms with Crippen LogP contribution in [0.15, 0.2) is 22.8 Å². The van der Waals surface area contributed by atoms with Crippen LogP contribution in [-0.2, 0) is 20.8 Å². The van der Waals surface area contributed by atoms with Crippen LogP contribution in [0, 0.1) is 17.2 Å². The van der Waals surface area contributed by atoms with Gasteiger partial charge in [-0.3, -0.25) is 19.2 Å². The second-order valence-corrected chi connectivity index (χ2v) is 13.4. The highest BCUT2D eigenvalue weighted by Gasteiger charge is 2.37. The molecule has 2 aromatic rings. The van der Waals surface area contributed by atoms with E-state index in [4.69, 9.17) is 4.63 Å². The molecule has 3 atom stereocenters. The van der Waals surface area contributed by atoms with Crippen molar-refractivity contribution in [3.05, 3.63) is 41.0 Å². The number of hydrogen-bond acceptors (Lipinski definition) is 8. The Morgan fingerprint density at radius 3 is 2.33 bits per heavy atom. The lowest BCUT2D eigenvalue weighted by Crippen LogP contribution is -2.55.